The molecule has 4 heteroatoms. The maximum absolute atomic E-state index is 12.2. The van der Waals surface area contributed by atoms with Crippen molar-refractivity contribution < 1.29 is 4.79 Å². The number of rotatable bonds is 2. The Morgan fingerprint density at radius 3 is 2.82 bits per heavy atom. The summed E-state index contributed by atoms with van der Waals surface area (Å²) in [6.07, 6.45) is 0.995. The number of benzene rings is 1. The van der Waals surface area contributed by atoms with Gasteiger partial charge in [0.2, 0.25) is 0 Å². The Morgan fingerprint density at radius 1 is 1.47 bits per heavy atom. The summed E-state index contributed by atoms with van der Waals surface area (Å²) in [5, 5.41) is 0.612. The molecule has 1 aliphatic heterocycles. The largest absolute Gasteiger partial charge is 0.338 e. The van der Waals surface area contributed by atoms with Gasteiger partial charge >= 0.3 is 0 Å². The second-order valence-corrected chi connectivity index (χ2v) is 5.32. The molecule has 1 aromatic carbocycles. The fourth-order valence-corrected chi connectivity index (χ4v) is 2.73. The Labute approximate surface area is 112 Å². The summed E-state index contributed by atoms with van der Waals surface area (Å²) in [4.78, 5) is 14.1. The highest BCUT2D eigenvalue weighted by molar-refractivity contribution is 6.31. The first kappa shape index (κ1) is 12.7. The van der Waals surface area contributed by atoms with E-state index < -0.39 is 0 Å². The molecule has 1 atom stereocenters. The zero-order chi connectivity index (χ0) is 12.4. The second kappa shape index (κ2) is 5.28. The van der Waals surface area contributed by atoms with Crippen LogP contribution in [-0.2, 0) is 0 Å². The molecule has 0 radical (unpaired) electrons. The van der Waals surface area contributed by atoms with Crippen LogP contribution in [0.15, 0.2) is 18.2 Å². The molecule has 1 aromatic rings. The minimum Gasteiger partial charge on any atom is -0.338 e. The summed E-state index contributed by atoms with van der Waals surface area (Å²) >= 11 is 11.8. The summed E-state index contributed by atoms with van der Waals surface area (Å²) in [6.45, 7) is 3.49. The quantitative estimate of drug-likeness (QED) is 0.756. The van der Waals surface area contributed by atoms with Crippen molar-refractivity contribution in [1.82, 2.24) is 4.90 Å². The first-order chi connectivity index (χ1) is 8.10. The van der Waals surface area contributed by atoms with Gasteiger partial charge in [-0.25, -0.2) is 0 Å². The van der Waals surface area contributed by atoms with Crippen LogP contribution in [0.4, 0.5) is 0 Å². The Balaban J connectivity index is 2.14. The summed E-state index contributed by atoms with van der Waals surface area (Å²) < 4.78 is 0. The molecule has 0 spiro atoms. The van der Waals surface area contributed by atoms with Crippen LogP contribution in [0.2, 0.25) is 5.02 Å². The first-order valence-electron chi connectivity index (χ1n) is 5.72. The van der Waals surface area contributed by atoms with E-state index in [4.69, 9.17) is 23.2 Å². The number of carbonyl (C=O) groups excluding carboxylic acids is 1. The lowest BCUT2D eigenvalue weighted by Gasteiger charge is -2.16. The zero-order valence-electron chi connectivity index (χ0n) is 9.75. The molecule has 0 bridgehead atoms. The average Bonchev–Trinajstić information content (AvgIpc) is 2.75. The van der Waals surface area contributed by atoms with Gasteiger partial charge in [0.05, 0.1) is 0 Å². The minimum absolute atomic E-state index is 0.0585. The summed E-state index contributed by atoms with van der Waals surface area (Å²) in [6, 6.07) is 5.46. The predicted molar refractivity (Wildman–Crippen MR) is 70.9 cm³/mol. The Kier molecular flexibility index (Phi) is 3.95. The highest BCUT2D eigenvalue weighted by Gasteiger charge is 2.26. The van der Waals surface area contributed by atoms with E-state index in [1.54, 1.807) is 6.07 Å². The molecule has 0 saturated carbocycles. The number of halogens is 2. The SMILES string of the molecule is Cc1cc(Cl)cc(C(=O)N2CCC(CCl)C2)c1. The number of likely N-dealkylation sites (tertiary alicyclic amines) is 1. The summed E-state index contributed by atoms with van der Waals surface area (Å²) in [5.74, 6) is 1.11. The van der Waals surface area contributed by atoms with Gasteiger partial charge in [0.25, 0.3) is 5.91 Å². The molecular weight excluding hydrogens is 257 g/mol. The average molecular weight is 272 g/mol. The van der Waals surface area contributed by atoms with E-state index in [1.807, 2.05) is 24.0 Å². The van der Waals surface area contributed by atoms with Crippen LogP contribution in [0, 0.1) is 12.8 Å². The molecular formula is C13H15Cl2NO. The Morgan fingerprint density at radius 2 is 2.24 bits per heavy atom. The third-order valence-corrected chi connectivity index (χ3v) is 3.74. The van der Waals surface area contributed by atoms with Crippen LogP contribution >= 0.6 is 23.2 Å². The lowest BCUT2D eigenvalue weighted by atomic mass is 10.1. The van der Waals surface area contributed by atoms with Crippen molar-refractivity contribution >= 4 is 29.1 Å². The lowest BCUT2D eigenvalue weighted by molar-refractivity contribution is 0.0788. The molecule has 2 rings (SSSR count). The van der Waals surface area contributed by atoms with Crippen molar-refractivity contribution in [1.29, 1.82) is 0 Å². The van der Waals surface area contributed by atoms with Gasteiger partial charge in [-0.05, 0) is 43.0 Å². The zero-order valence-corrected chi connectivity index (χ0v) is 11.3. The number of hydrogen-bond acceptors (Lipinski definition) is 1. The fraction of sp³-hybridized carbons (Fsp3) is 0.462. The molecule has 0 aromatic heterocycles. The number of alkyl halides is 1. The molecule has 1 fully saturated rings. The van der Waals surface area contributed by atoms with Gasteiger partial charge in [-0.1, -0.05) is 11.6 Å². The van der Waals surface area contributed by atoms with Crippen molar-refractivity contribution in [2.75, 3.05) is 19.0 Å². The Bertz CT molecular complexity index is 413. The Hall–Kier alpha value is -0.730. The molecule has 0 N–H and O–H groups in total. The van der Waals surface area contributed by atoms with Gasteiger partial charge in [-0.15, -0.1) is 11.6 Å². The normalized spacial score (nSPS) is 19.7. The summed E-state index contributed by atoms with van der Waals surface area (Å²) in [7, 11) is 0. The monoisotopic (exact) mass is 271 g/mol. The highest BCUT2D eigenvalue weighted by Crippen LogP contribution is 2.21. The van der Waals surface area contributed by atoms with Crippen molar-refractivity contribution in [2.45, 2.75) is 13.3 Å². The van der Waals surface area contributed by atoms with Crippen LogP contribution in [0.25, 0.3) is 0 Å². The van der Waals surface area contributed by atoms with E-state index in [2.05, 4.69) is 0 Å². The van der Waals surface area contributed by atoms with Gasteiger partial charge in [0, 0.05) is 29.6 Å². The van der Waals surface area contributed by atoms with E-state index in [9.17, 15) is 4.79 Å². The first-order valence-corrected chi connectivity index (χ1v) is 6.64. The van der Waals surface area contributed by atoms with Crippen LogP contribution in [0.3, 0.4) is 0 Å². The lowest BCUT2D eigenvalue weighted by Crippen LogP contribution is -2.28. The molecule has 1 saturated heterocycles. The van der Waals surface area contributed by atoms with E-state index in [0.717, 1.165) is 25.1 Å². The molecule has 1 heterocycles. The summed E-state index contributed by atoms with van der Waals surface area (Å²) in [5.41, 5.74) is 1.68. The molecule has 0 aliphatic carbocycles. The fourth-order valence-electron chi connectivity index (χ4n) is 2.19. The van der Waals surface area contributed by atoms with Crippen LogP contribution in [0.5, 0.6) is 0 Å². The van der Waals surface area contributed by atoms with E-state index >= 15 is 0 Å². The number of nitrogens with zero attached hydrogens (tertiary/aromatic N) is 1. The van der Waals surface area contributed by atoms with E-state index in [0.29, 0.717) is 22.4 Å². The minimum atomic E-state index is 0.0585. The highest BCUT2D eigenvalue weighted by atomic mass is 35.5. The molecule has 2 nitrogen and oxygen atoms in total. The maximum atomic E-state index is 12.2. The molecule has 17 heavy (non-hydrogen) atoms. The van der Waals surface area contributed by atoms with E-state index in [1.165, 1.54) is 0 Å². The van der Waals surface area contributed by atoms with E-state index in [-0.39, 0.29) is 5.91 Å². The third kappa shape index (κ3) is 2.93. The second-order valence-electron chi connectivity index (χ2n) is 4.58. The molecule has 1 amide bonds. The standard InChI is InChI=1S/C13H15Cl2NO/c1-9-4-11(6-12(15)5-9)13(17)16-3-2-10(7-14)8-16/h4-6,10H,2-3,7-8H2,1H3. The van der Waals surface area contributed by atoms with Gasteiger partial charge in [-0.3, -0.25) is 4.79 Å². The molecule has 1 unspecified atom stereocenters. The number of amides is 1. The maximum Gasteiger partial charge on any atom is 0.253 e. The van der Waals surface area contributed by atoms with Crippen LogP contribution < -0.4 is 0 Å². The van der Waals surface area contributed by atoms with Crippen molar-refractivity contribution in [2.24, 2.45) is 5.92 Å². The van der Waals surface area contributed by atoms with Gasteiger partial charge in [0.15, 0.2) is 0 Å². The number of hydrogen-bond donors (Lipinski definition) is 0. The van der Waals surface area contributed by atoms with Gasteiger partial charge in [-0.2, -0.15) is 0 Å². The predicted octanol–water partition coefficient (Wildman–Crippen LogP) is 3.35. The molecule has 92 valence electrons. The number of carbonyl (C=O) groups is 1. The van der Waals surface area contributed by atoms with Crippen LogP contribution in [-0.4, -0.2) is 29.8 Å². The van der Waals surface area contributed by atoms with Gasteiger partial charge in [0.1, 0.15) is 0 Å². The van der Waals surface area contributed by atoms with Crippen molar-refractivity contribution in [3.8, 4) is 0 Å². The van der Waals surface area contributed by atoms with Crippen molar-refractivity contribution in [3.63, 3.8) is 0 Å². The van der Waals surface area contributed by atoms with Gasteiger partial charge < -0.3 is 4.90 Å². The van der Waals surface area contributed by atoms with Crippen molar-refractivity contribution in [3.05, 3.63) is 34.3 Å². The van der Waals surface area contributed by atoms with Crippen LogP contribution in [0.1, 0.15) is 22.3 Å². The third-order valence-electron chi connectivity index (χ3n) is 3.08. The topological polar surface area (TPSA) is 20.3 Å². The smallest absolute Gasteiger partial charge is 0.253 e. The molecule has 1 aliphatic rings. The number of aryl methyl sites for hydroxylation is 1.